The smallest absolute Gasteiger partial charge is 0.223 e. The Morgan fingerprint density at radius 1 is 0.909 bits per heavy atom. The SMILES string of the molecule is CC1(C)C(=O)CC[C@]2(C)[C@H]3CC=C4[C@@H]5C[C@@](C)(C(N)=O)CC[C@]5(C)CC[C@@]4(C)[C@]3(C)CC[C@@H]12. The number of hydrogen-bond acceptors (Lipinski definition) is 2. The van der Waals surface area contributed by atoms with E-state index in [1.807, 2.05) is 0 Å². The van der Waals surface area contributed by atoms with Crippen molar-refractivity contribution in [1.82, 2.24) is 0 Å². The maximum Gasteiger partial charge on any atom is 0.223 e. The second-order valence-electron chi connectivity index (χ2n) is 14.8. The van der Waals surface area contributed by atoms with Crippen molar-refractivity contribution < 1.29 is 9.59 Å². The molecular weight excluding hydrogens is 406 g/mol. The van der Waals surface area contributed by atoms with Crippen LogP contribution in [0.25, 0.3) is 0 Å². The molecule has 3 nitrogen and oxygen atoms in total. The minimum Gasteiger partial charge on any atom is -0.369 e. The Labute approximate surface area is 201 Å². The molecule has 0 aromatic rings. The maximum atomic E-state index is 12.9. The fourth-order valence-electron chi connectivity index (χ4n) is 10.4. The van der Waals surface area contributed by atoms with Gasteiger partial charge in [-0.15, -0.1) is 0 Å². The molecule has 3 heteroatoms. The van der Waals surface area contributed by atoms with Crippen LogP contribution in [0.5, 0.6) is 0 Å². The Balaban J connectivity index is 1.58. The first-order chi connectivity index (χ1) is 15.1. The number of allylic oxidation sites excluding steroid dienone is 2. The number of fused-ring (bicyclic) bond motifs is 7. The Kier molecular flexibility index (Phi) is 4.83. The Morgan fingerprint density at radius 3 is 2.24 bits per heavy atom. The number of primary amides is 1. The summed E-state index contributed by atoms with van der Waals surface area (Å²) >= 11 is 0. The van der Waals surface area contributed by atoms with Crippen molar-refractivity contribution in [2.45, 2.75) is 113 Å². The van der Waals surface area contributed by atoms with Gasteiger partial charge in [-0.25, -0.2) is 0 Å². The summed E-state index contributed by atoms with van der Waals surface area (Å²) in [5.41, 5.74) is 7.98. The molecule has 4 fully saturated rings. The number of nitrogens with two attached hydrogens (primary N) is 1. The molecule has 0 unspecified atom stereocenters. The van der Waals surface area contributed by atoms with Crippen LogP contribution in [0, 0.1) is 50.2 Å². The average molecular weight is 454 g/mol. The zero-order valence-electron chi connectivity index (χ0n) is 22.3. The van der Waals surface area contributed by atoms with Crippen LogP contribution in [0.15, 0.2) is 11.6 Å². The lowest BCUT2D eigenvalue weighted by Gasteiger charge is -2.70. The van der Waals surface area contributed by atoms with Crippen molar-refractivity contribution in [1.29, 1.82) is 0 Å². The van der Waals surface area contributed by atoms with Gasteiger partial charge in [-0.1, -0.05) is 60.1 Å². The molecule has 0 aromatic carbocycles. The Bertz CT molecular complexity index is 934. The summed E-state index contributed by atoms with van der Waals surface area (Å²) in [4.78, 5) is 25.4. The van der Waals surface area contributed by atoms with Crippen LogP contribution in [0.4, 0.5) is 0 Å². The molecule has 5 rings (SSSR count). The first-order valence-corrected chi connectivity index (χ1v) is 13.7. The lowest BCUT2D eigenvalue weighted by molar-refractivity contribution is -0.184. The van der Waals surface area contributed by atoms with E-state index in [2.05, 4.69) is 54.5 Å². The first kappa shape index (κ1) is 23.6. The van der Waals surface area contributed by atoms with Gasteiger partial charge in [-0.2, -0.15) is 0 Å². The average Bonchev–Trinajstić information content (AvgIpc) is 2.73. The molecule has 0 bridgehead atoms. The Morgan fingerprint density at radius 2 is 1.58 bits per heavy atom. The van der Waals surface area contributed by atoms with E-state index in [1.165, 1.54) is 25.7 Å². The largest absolute Gasteiger partial charge is 0.369 e. The van der Waals surface area contributed by atoms with Crippen LogP contribution in [-0.4, -0.2) is 11.7 Å². The van der Waals surface area contributed by atoms with E-state index in [4.69, 9.17) is 5.73 Å². The molecule has 0 aromatic heterocycles. The van der Waals surface area contributed by atoms with Crippen molar-refractivity contribution in [2.75, 3.05) is 0 Å². The van der Waals surface area contributed by atoms with Crippen molar-refractivity contribution in [3.05, 3.63) is 11.6 Å². The third-order valence-corrected chi connectivity index (χ3v) is 13.2. The minimum atomic E-state index is -0.377. The van der Waals surface area contributed by atoms with Gasteiger partial charge in [0.15, 0.2) is 0 Å². The van der Waals surface area contributed by atoms with Crippen molar-refractivity contribution in [3.8, 4) is 0 Å². The van der Waals surface area contributed by atoms with Gasteiger partial charge >= 0.3 is 0 Å². The normalized spacial score (nSPS) is 53.1. The third kappa shape index (κ3) is 2.80. The molecule has 0 saturated heterocycles. The lowest BCUT2D eigenvalue weighted by Crippen LogP contribution is -2.64. The molecular formula is C30H47NO2. The number of hydrogen-bond donors (Lipinski definition) is 1. The summed E-state index contributed by atoms with van der Waals surface area (Å²) < 4.78 is 0. The van der Waals surface area contributed by atoms with Crippen LogP contribution in [-0.2, 0) is 9.59 Å². The number of Topliss-reactive ketones (excluding diaryl/α,β-unsaturated/α-hetero) is 1. The molecule has 4 saturated carbocycles. The van der Waals surface area contributed by atoms with Gasteiger partial charge in [0.1, 0.15) is 5.78 Å². The number of amides is 1. The van der Waals surface area contributed by atoms with Gasteiger partial charge in [0, 0.05) is 17.3 Å². The molecule has 0 radical (unpaired) electrons. The topological polar surface area (TPSA) is 60.2 Å². The van der Waals surface area contributed by atoms with E-state index in [0.717, 1.165) is 38.5 Å². The highest BCUT2D eigenvalue weighted by Gasteiger charge is 2.68. The van der Waals surface area contributed by atoms with Gasteiger partial charge in [0.05, 0.1) is 0 Å². The molecule has 1 amide bonds. The summed E-state index contributed by atoms with van der Waals surface area (Å²) in [6.45, 7) is 16.8. The minimum absolute atomic E-state index is 0.112. The predicted molar refractivity (Wildman–Crippen MR) is 133 cm³/mol. The van der Waals surface area contributed by atoms with Crippen molar-refractivity contribution in [2.24, 2.45) is 56.0 Å². The Hall–Kier alpha value is -1.12. The van der Waals surface area contributed by atoms with Crippen LogP contribution in [0.1, 0.15) is 113 Å². The third-order valence-electron chi connectivity index (χ3n) is 13.2. The standard InChI is InChI=1S/C30H47NO2/c1-25(2)21-10-13-30(7)22(28(21,5)12-11-23(25)32)9-8-19-20-18-27(4,24(31)33)15-14-26(20,3)16-17-29(19,30)6/h8,20-22H,9-18H2,1-7H3,(H2,31,33)/t20-,21-,22+,26+,27-,28-,29+,30+/m0/s1. The molecule has 0 aliphatic heterocycles. The molecule has 0 spiro atoms. The number of ketones is 1. The fraction of sp³-hybridized carbons (Fsp3) is 0.867. The molecule has 5 aliphatic carbocycles. The van der Waals surface area contributed by atoms with Crippen LogP contribution < -0.4 is 5.73 Å². The summed E-state index contributed by atoms with van der Waals surface area (Å²) in [5, 5.41) is 0. The van der Waals surface area contributed by atoms with E-state index < -0.39 is 0 Å². The summed E-state index contributed by atoms with van der Waals surface area (Å²) in [6.07, 6.45) is 13.5. The van der Waals surface area contributed by atoms with Crippen LogP contribution >= 0.6 is 0 Å². The second-order valence-corrected chi connectivity index (χ2v) is 14.8. The highest BCUT2D eigenvalue weighted by atomic mass is 16.1. The van der Waals surface area contributed by atoms with E-state index >= 15 is 0 Å². The molecule has 5 aliphatic rings. The number of carbonyl (C=O) groups excluding carboxylic acids is 2. The van der Waals surface area contributed by atoms with Gasteiger partial charge in [0.25, 0.3) is 0 Å². The maximum absolute atomic E-state index is 12.9. The van der Waals surface area contributed by atoms with Gasteiger partial charge in [-0.05, 0) is 97.2 Å². The van der Waals surface area contributed by atoms with E-state index in [1.54, 1.807) is 5.57 Å². The summed E-state index contributed by atoms with van der Waals surface area (Å²) in [7, 11) is 0. The van der Waals surface area contributed by atoms with Crippen LogP contribution in [0.2, 0.25) is 0 Å². The molecule has 184 valence electrons. The van der Waals surface area contributed by atoms with Gasteiger partial charge < -0.3 is 5.73 Å². The highest BCUT2D eigenvalue weighted by molar-refractivity contribution is 5.85. The zero-order valence-corrected chi connectivity index (χ0v) is 22.3. The monoisotopic (exact) mass is 453 g/mol. The van der Waals surface area contributed by atoms with Crippen molar-refractivity contribution >= 4 is 11.7 Å². The van der Waals surface area contributed by atoms with Crippen LogP contribution in [0.3, 0.4) is 0 Å². The van der Waals surface area contributed by atoms with E-state index in [-0.39, 0.29) is 33.0 Å². The highest BCUT2D eigenvalue weighted by Crippen LogP contribution is 2.75. The number of rotatable bonds is 1. The molecule has 0 heterocycles. The van der Waals surface area contributed by atoms with E-state index in [9.17, 15) is 9.59 Å². The second kappa shape index (κ2) is 6.76. The summed E-state index contributed by atoms with van der Waals surface area (Å²) in [5.74, 6) is 1.95. The first-order valence-electron chi connectivity index (χ1n) is 13.7. The fourth-order valence-corrected chi connectivity index (χ4v) is 10.4. The molecule has 2 N–H and O–H groups in total. The van der Waals surface area contributed by atoms with E-state index in [0.29, 0.717) is 29.0 Å². The molecule has 8 atom stereocenters. The van der Waals surface area contributed by atoms with Crippen molar-refractivity contribution in [3.63, 3.8) is 0 Å². The zero-order chi connectivity index (χ0) is 24.2. The van der Waals surface area contributed by atoms with Gasteiger partial charge in [0.2, 0.25) is 5.91 Å². The molecule has 33 heavy (non-hydrogen) atoms. The number of carbonyl (C=O) groups is 2. The lowest BCUT2D eigenvalue weighted by atomic mass is 9.33. The predicted octanol–water partition coefficient (Wildman–Crippen LogP) is 6.84. The summed E-state index contributed by atoms with van der Waals surface area (Å²) in [6, 6.07) is 0. The quantitative estimate of drug-likeness (QED) is 0.442. The van der Waals surface area contributed by atoms with Gasteiger partial charge in [-0.3, -0.25) is 9.59 Å².